The van der Waals surface area contributed by atoms with Gasteiger partial charge in [-0.15, -0.1) is 11.8 Å². The van der Waals surface area contributed by atoms with E-state index in [0.717, 1.165) is 5.56 Å². The van der Waals surface area contributed by atoms with Crippen molar-refractivity contribution < 1.29 is 19.1 Å². The summed E-state index contributed by atoms with van der Waals surface area (Å²) in [5.41, 5.74) is 6.81. The lowest BCUT2D eigenvalue weighted by Gasteiger charge is -2.15. The van der Waals surface area contributed by atoms with Gasteiger partial charge in [-0.1, -0.05) is 30.3 Å². The van der Waals surface area contributed by atoms with E-state index in [1.165, 1.54) is 16.7 Å². The third kappa shape index (κ3) is 4.82. The molecule has 130 valence electrons. The van der Waals surface area contributed by atoms with E-state index in [-0.39, 0.29) is 30.6 Å². The Morgan fingerprint density at radius 2 is 2.08 bits per heavy atom. The standard InChI is InChI=1S/C17H22N2O4S/c1-2-23-17(22)13(18)11-24-14-10-15(20)19(16(14)21)9-8-12-6-4-3-5-7-12/h3-7,13-14H,2,8-11,18H2,1H3/t13-,14+/m1/s1. The van der Waals surface area contributed by atoms with Crippen LogP contribution in [0.4, 0.5) is 0 Å². The van der Waals surface area contributed by atoms with Gasteiger partial charge in [0.2, 0.25) is 11.8 Å². The monoisotopic (exact) mass is 350 g/mol. The van der Waals surface area contributed by atoms with E-state index < -0.39 is 17.3 Å². The van der Waals surface area contributed by atoms with Gasteiger partial charge >= 0.3 is 5.97 Å². The fraction of sp³-hybridized carbons (Fsp3) is 0.471. The molecule has 2 amide bonds. The number of hydrogen-bond acceptors (Lipinski definition) is 6. The topological polar surface area (TPSA) is 89.7 Å². The quantitative estimate of drug-likeness (QED) is 0.555. The molecule has 0 unspecified atom stereocenters. The lowest BCUT2D eigenvalue weighted by molar-refractivity contribution is -0.144. The number of likely N-dealkylation sites (tertiary alicyclic amines) is 1. The lowest BCUT2D eigenvalue weighted by Crippen LogP contribution is -2.36. The number of nitrogens with zero attached hydrogens (tertiary/aromatic N) is 1. The van der Waals surface area contributed by atoms with E-state index >= 15 is 0 Å². The molecule has 7 heteroatoms. The van der Waals surface area contributed by atoms with Crippen molar-refractivity contribution in [2.45, 2.75) is 31.1 Å². The number of imide groups is 1. The molecule has 0 aliphatic carbocycles. The zero-order valence-electron chi connectivity index (χ0n) is 13.6. The second-order valence-electron chi connectivity index (χ2n) is 5.50. The van der Waals surface area contributed by atoms with Crippen LogP contribution in [0.25, 0.3) is 0 Å². The van der Waals surface area contributed by atoms with Crippen LogP contribution in [0.3, 0.4) is 0 Å². The highest BCUT2D eigenvalue weighted by molar-refractivity contribution is 8.00. The van der Waals surface area contributed by atoms with Crippen molar-refractivity contribution in [1.82, 2.24) is 4.90 Å². The molecule has 1 fully saturated rings. The second kappa shape index (κ2) is 8.84. The van der Waals surface area contributed by atoms with Gasteiger partial charge in [0.05, 0.1) is 11.9 Å². The Morgan fingerprint density at radius 3 is 2.75 bits per heavy atom. The van der Waals surface area contributed by atoms with Crippen LogP contribution in [-0.2, 0) is 25.5 Å². The first-order chi connectivity index (χ1) is 11.5. The molecule has 24 heavy (non-hydrogen) atoms. The third-order valence-corrected chi connectivity index (χ3v) is 5.06. The van der Waals surface area contributed by atoms with Crippen molar-refractivity contribution in [3.05, 3.63) is 35.9 Å². The lowest BCUT2D eigenvalue weighted by atomic mass is 10.1. The molecule has 2 N–H and O–H groups in total. The predicted octanol–water partition coefficient (Wildman–Crippen LogP) is 0.980. The van der Waals surface area contributed by atoms with Crippen molar-refractivity contribution in [3.8, 4) is 0 Å². The van der Waals surface area contributed by atoms with Crippen LogP contribution in [0.5, 0.6) is 0 Å². The molecule has 6 nitrogen and oxygen atoms in total. The molecular weight excluding hydrogens is 328 g/mol. The molecule has 2 atom stereocenters. The second-order valence-corrected chi connectivity index (χ2v) is 6.74. The van der Waals surface area contributed by atoms with Gasteiger partial charge < -0.3 is 10.5 Å². The molecule has 1 saturated heterocycles. The van der Waals surface area contributed by atoms with Gasteiger partial charge in [0.1, 0.15) is 6.04 Å². The number of nitrogens with two attached hydrogens (primary N) is 1. The molecule has 1 aliphatic heterocycles. The Kier molecular flexibility index (Phi) is 6.81. The number of hydrogen-bond donors (Lipinski definition) is 1. The van der Waals surface area contributed by atoms with Gasteiger partial charge in [0.15, 0.2) is 0 Å². The molecule has 2 rings (SSSR count). The maximum atomic E-state index is 12.4. The molecule has 0 aromatic heterocycles. The van der Waals surface area contributed by atoms with Gasteiger partial charge in [0.25, 0.3) is 0 Å². The fourth-order valence-electron chi connectivity index (χ4n) is 2.44. The van der Waals surface area contributed by atoms with E-state index in [4.69, 9.17) is 10.5 Å². The summed E-state index contributed by atoms with van der Waals surface area (Å²) in [5.74, 6) is -0.590. The minimum absolute atomic E-state index is 0.161. The van der Waals surface area contributed by atoms with Gasteiger partial charge in [0, 0.05) is 18.7 Å². The summed E-state index contributed by atoms with van der Waals surface area (Å²) in [7, 11) is 0. The molecule has 0 saturated carbocycles. The van der Waals surface area contributed by atoms with Crippen LogP contribution in [0, 0.1) is 0 Å². The van der Waals surface area contributed by atoms with Crippen LogP contribution in [0.2, 0.25) is 0 Å². The Bertz CT molecular complexity index is 594. The summed E-state index contributed by atoms with van der Waals surface area (Å²) in [5, 5.41) is -0.464. The van der Waals surface area contributed by atoms with Gasteiger partial charge in [-0.3, -0.25) is 19.3 Å². The zero-order chi connectivity index (χ0) is 17.5. The predicted molar refractivity (Wildman–Crippen MR) is 92.3 cm³/mol. The van der Waals surface area contributed by atoms with Crippen molar-refractivity contribution in [2.75, 3.05) is 18.9 Å². The highest BCUT2D eigenvalue weighted by atomic mass is 32.2. The normalized spacial score (nSPS) is 18.8. The Balaban J connectivity index is 1.83. The summed E-state index contributed by atoms with van der Waals surface area (Å²) in [6.07, 6.45) is 0.798. The first-order valence-electron chi connectivity index (χ1n) is 7.95. The average molecular weight is 350 g/mol. The number of benzene rings is 1. The van der Waals surface area contributed by atoms with Crippen LogP contribution in [0.15, 0.2) is 30.3 Å². The minimum Gasteiger partial charge on any atom is -0.465 e. The molecule has 1 heterocycles. The molecule has 0 radical (unpaired) electrons. The molecule has 1 aliphatic rings. The van der Waals surface area contributed by atoms with Crippen LogP contribution in [-0.4, -0.2) is 52.9 Å². The smallest absolute Gasteiger partial charge is 0.323 e. The number of ether oxygens (including phenoxy) is 1. The third-order valence-electron chi connectivity index (χ3n) is 3.74. The Hall–Kier alpha value is -1.86. The molecule has 1 aromatic carbocycles. The van der Waals surface area contributed by atoms with Crippen molar-refractivity contribution in [2.24, 2.45) is 5.73 Å². The molecule has 0 spiro atoms. The van der Waals surface area contributed by atoms with E-state index in [0.29, 0.717) is 13.0 Å². The van der Waals surface area contributed by atoms with Crippen molar-refractivity contribution in [1.29, 1.82) is 0 Å². The number of rotatable bonds is 8. The molecular formula is C17H22N2O4S. The van der Waals surface area contributed by atoms with E-state index in [9.17, 15) is 14.4 Å². The maximum absolute atomic E-state index is 12.4. The molecule has 1 aromatic rings. The number of amides is 2. The van der Waals surface area contributed by atoms with E-state index in [2.05, 4.69) is 0 Å². The van der Waals surface area contributed by atoms with Crippen LogP contribution < -0.4 is 5.73 Å². The fourth-order valence-corrected chi connectivity index (χ4v) is 3.55. The van der Waals surface area contributed by atoms with E-state index in [1.807, 2.05) is 30.3 Å². The highest BCUT2D eigenvalue weighted by Crippen LogP contribution is 2.25. The number of thioether (sulfide) groups is 1. The number of carbonyl (C=O) groups excluding carboxylic acids is 3. The Labute approximate surface area is 145 Å². The van der Waals surface area contributed by atoms with Crippen LogP contribution >= 0.6 is 11.8 Å². The highest BCUT2D eigenvalue weighted by Gasteiger charge is 2.38. The maximum Gasteiger partial charge on any atom is 0.323 e. The first kappa shape index (κ1) is 18.5. The first-order valence-corrected chi connectivity index (χ1v) is 8.99. The van der Waals surface area contributed by atoms with Gasteiger partial charge in [-0.2, -0.15) is 0 Å². The Morgan fingerprint density at radius 1 is 1.38 bits per heavy atom. The van der Waals surface area contributed by atoms with Crippen LogP contribution in [0.1, 0.15) is 18.9 Å². The molecule has 0 bridgehead atoms. The SMILES string of the molecule is CCOC(=O)[C@H](N)CS[C@H]1CC(=O)N(CCc2ccccc2)C1=O. The summed E-state index contributed by atoms with van der Waals surface area (Å²) in [4.78, 5) is 37.2. The zero-order valence-corrected chi connectivity index (χ0v) is 14.5. The minimum atomic E-state index is -0.781. The summed E-state index contributed by atoms with van der Waals surface area (Å²) >= 11 is 1.25. The summed E-state index contributed by atoms with van der Waals surface area (Å²) in [6, 6.07) is 8.94. The van der Waals surface area contributed by atoms with Crippen molar-refractivity contribution >= 4 is 29.5 Å². The van der Waals surface area contributed by atoms with E-state index in [1.54, 1.807) is 6.92 Å². The summed E-state index contributed by atoms with van der Waals surface area (Å²) in [6.45, 7) is 2.36. The number of carbonyl (C=O) groups is 3. The van der Waals surface area contributed by atoms with Gasteiger partial charge in [-0.25, -0.2) is 0 Å². The summed E-state index contributed by atoms with van der Waals surface area (Å²) < 4.78 is 4.84. The largest absolute Gasteiger partial charge is 0.465 e. The van der Waals surface area contributed by atoms with Gasteiger partial charge in [-0.05, 0) is 18.9 Å². The number of esters is 1. The average Bonchev–Trinajstić information content (AvgIpc) is 2.85. The van der Waals surface area contributed by atoms with Crippen molar-refractivity contribution in [3.63, 3.8) is 0 Å².